The van der Waals surface area contributed by atoms with E-state index in [1.807, 2.05) is 12.1 Å². The molecule has 1 aliphatic rings. The number of likely N-dealkylation sites (tertiary alicyclic amines) is 1. The number of hydrogen-bond acceptors (Lipinski definition) is 2. The van der Waals surface area contributed by atoms with Gasteiger partial charge in [0.05, 0.1) is 5.56 Å². The Bertz CT molecular complexity index is 378. The number of carboxylic acid groups (broad SMARTS) is 1. The van der Waals surface area contributed by atoms with Crippen LogP contribution in [0.15, 0.2) is 24.3 Å². The summed E-state index contributed by atoms with van der Waals surface area (Å²) in [5, 5.41) is 8.90. The lowest BCUT2D eigenvalue weighted by molar-refractivity contribution is 0.0696. The fourth-order valence-electron chi connectivity index (χ4n) is 2.18. The van der Waals surface area contributed by atoms with E-state index in [0.29, 0.717) is 5.56 Å². The molecule has 3 N–H and O–H groups in total. The van der Waals surface area contributed by atoms with Crippen molar-refractivity contribution in [1.82, 2.24) is 4.90 Å². The van der Waals surface area contributed by atoms with Gasteiger partial charge < -0.3 is 10.6 Å². The number of carboxylic acids is 1. The number of piperidine rings is 1. The van der Waals surface area contributed by atoms with Gasteiger partial charge in [0.25, 0.3) is 0 Å². The van der Waals surface area contributed by atoms with Crippen LogP contribution < -0.4 is 0 Å². The summed E-state index contributed by atoms with van der Waals surface area (Å²) < 4.78 is 0. The molecule has 1 heterocycles. The molecule has 0 spiro atoms. The molecule has 102 valence electrons. The van der Waals surface area contributed by atoms with E-state index in [-0.39, 0.29) is 17.9 Å². The van der Waals surface area contributed by atoms with Crippen LogP contribution in [0.25, 0.3) is 0 Å². The van der Waals surface area contributed by atoms with Crippen LogP contribution in [-0.4, -0.2) is 34.5 Å². The van der Waals surface area contributed by atoms with Gasteiger partial charge in [-0.05, 0) is 43.6 Å². The van der Waals surface area contributed by atoms with E-state index in [1.54, 1.807) is 12.1 Å². The highest BCUT2D eigenvalue weighted by Gasteiger charge is 2.11. The number of rotatable bonds is 3. The molecule has 1 fully saturated rings. The fourth-order valence-corrected chi connectivity index (χ4v) is 2.18. The zero-order valence-corrected chi connectivity index (χ0v) is 11.1. The molecule has 1 aromatic rings. The largest absolute Gasteiger partial charge is 0.478 e. The minimum absolute atomic E-state index is 0. The van der Waals surface area contributed by atoms with E-state index in [0.717, 1.165) is 25.2 Å². The molecule has 0 radical (unpaired) electrons. The summed E-state index contributed by atoms with van der Waals surface area (Å²) in [7, 11) is 0. The Balaban J connectivity index is 0.00000144. The summed E-state index contributed by atoms with van der Waals surface area (Å²) >= 11 is 0. The Labute approximate surface area is 113 Å². The Hall–Kier alpha value is -1.10. The molecule has 0 aliphatic carbocycles. The summed E-state index contributed by atoms with van der Waals surface area (Å²) in [6.45, 7) is 3.15. The number of halogens is 1. The summed E-state index contributed by atoms with van der Waals surface area (Å²) in [5.41, 5.74) is 1.48. The third-order valence-electron chi connectivity index (χ3n) is 3.03. The number of nitrogens with zero attached hydrogens (tertiary/aromatic N) is 1. The highest BCUT2D eigenvalue weighted by atomic mass is 35.5. The molecule has 1 saturated heterocycles. The van der Waals surface area contributed by atoms with Gasteiger partial charge in [-0.2, -0.15) is 0 Å². The maximum Gasteiger partial charge on any atom is 0.335 e. The lowest BCUT2D eigenvalue weighted by Gasteiger charge is -2.26. The van der Waals surface area contributed by atoms with E-state index in [4.69, 9.17) is 5.11 Å². The van der Waals surface area contributed by atoms with Crippen LogP contribution in [0.3, 0.4) is 0 Å². The molecule has 0 bridgehead atoms. The van der Waals surface area contributed by atoms with Crippen LogP contribution in [0.5, 0.6) is 0 Å². The maximum atomic E-state index is 10.8. The van der Waals surface area contributed by atoms with Crippen LogP contribution in [0.2, 0.25) is 0 Å². The zero-order chi connectivity index (χ0) is 11.4. The molecule has 0 atom stereocenters. The molecule has 0 unspecified atom stereocenters. The topological polar surface area (TPSA) is 72.0 Å². The smallest absolute Gasteiger partial charge is 0.335 e. The third-order valence-corrected chi connectivity index (χ3v) is 3.03. The highest BCUT2D eigenvalue weighted by Crippen LogP contribution is 2.13. The number of aromatic carboxylic acids is 1. The van der Waals surface area contributed by atoms with Crippen LogP contribution in [0.1, 0.15) is 35.2 Å². The first-order chi connectivity index (χ1) is 7.75. The summed E-state index contributed by atoms with van der Waals surface area (Å²) in [6, 6.07) is 7.24. The second-order valence-corrected chi connectivity index (χ2v) is 4.34. The summed E-state index contributed by atoms with van der Waals surface area (Å²) in [4.78, 5) is 13.2. The quantitative estimate of drug-likeness (QED) is 0.915. The second kappa shape index (κ2) is 8.08. The van der Waals surface area contributed by atoms with Gasteiger partial charge in [0.15, 0.2) is 0 Å². The molecule has 0 saturated carbocycles. The van der Waals surface area contributed by atoms with Crippen LogP contribution in [0.4, 0.5) is 0 Å². The van der Waals surface area contributed by atoms with E-state index >= 15 is 0 Å². The van der Waals surface area contributed by atoms with Gasteiger partial charge in [0.1, 0.15) is 0 Å². The number of carbonyl (C=O) groups is 1. The molecule has 0 amide bonds. The van der Waals surface area contributed by atoms with Crippen molar-refractivity contribution in [2.45, 2.75) is 25.8 Å². The van der Waals surface area contributed by atoms with Crippen molar-refractivity contribution >= 4 is 18.4 Å². The van der Waals surface area contributed by atoms with E-state index < -0.39 is 5.97 Å². The van der Waals surface area contributed by atoms with Crippen molar-refractivity contribution in [2.75, 3.05) is 13.1 Å². The second-order valence-electron chi connectivity index (χ2n) is 4.34. The molecular formula is C13H20ClNO3. The minimum atomic E-state index is -0.847. The van der Waals surface area contributed by atoms with Crippen molar-refractivity contribution < 1.29 is 15.4 Å². The van der Waals surface area contributed by atoms with Gasteiger partial charge in [0, 0.05) is 6.54 Å². The molecule has 0 aromatic heterocycles. The molecular weight excluding hydrogens is 254 g/mol. The fraction of sp³-hybridized carbons (Fsp3) is 0.462. The molecule has 2 rings (SSSR count). The Morgan fingerprint density at radius 1 is 1.22 bits per heavy atom. The zero-order valence-electron chi connectivity index (χ0n) is 10.3. The van der Waals surface area contributed by atoms with Crippen LogP contribution in [0, 0.1) is 0 Å². The van der Waals surface area contributed by atoms with Crippen LogP contribution >= 0.6 is 12.4 Å². The standard InChI is InChI=1S/C13H17NO2.ClH.H2O/c15-13(16)12-6-4-5-11(9-12)10-14-7-2-1-3-8-14;;/h4-6,9H,1-3,7-8,10H2,(H,15,16);1H;1H2. The lowest BCUT2D eigenvalue weighted by Crippen LogP contribution is -2.29. The van der Waals surface area contributed by atoms with E-state index in [1.165, 1.54) is 19.3 Å². The van der Waals surface area contributed by atoms with E-state index in [9.17, 15) is 4.79 Å². The van der Waals surface area contributed by atoms with Crippen molar-refractivity contribution in [3.63, 3.8) is 0 Å². The van der Waals surface area contributed by atoms with Gasteiger partial charge in [-0.25, -0.2) is 4.79 Å². The van der Waals surface area contributed by atoms with Crippen molar-refractivity contribution in [1.29, 1.82) is 0 Å². The summed E-state index contributed by atoms with van der Waals surface area (Å²) in [5.74, 6) is -0.847. The highest BCUT2D eigenvalue weighted by molar-refractivity contribution is 5.87. The average molecular weight is 274 g/mol. The minimum Gasteiger partial charge on any atom is -0.478 e. The summed E-state index contributed by atoms with van der Waals surface area (Å²) in [6.07, 6.45) is 3.85. The normalized spacial score (nSPS) is 15.3. The van der Waals surface area contributed by atoms with Crippen molar-refractivity contribution in [3.05, 3.63) is 35.4 Å². The molecule has 1 aliphatic heterocycles. The maximum absolute atomic E-state index is 10.8. The van der Waals surface area contributed by atoms with E-state index in [2.05, 4.69) is 4.90 Å². The van der Waals surface area contributed by atoms with Crippen molar-refractivity contribution in [2.24, 2.45) is 0 Å². The predicted molar refractivity (Wildman–Crippen MR) is 73.4 cm³/mol. The molecule has 18 heavy (non-hydrogen) atoms. The van der Waals surface area contributed by atoms with Gasteiger partial charge in [-0.3, -0.25) is 4.90 Å². The Morgan fingerprint density at radius 2 is 1.89 bits per heavy atom. The Morgan fingerprint density at radius 3 is 2.50 bits per heavy atom. The number of benzene rings is 1. The average Bonchev–Trinajstić information content (AvgIpc) is 2.30. The molecule has 1 aromatic carbocycles. The number of hydrogen-bond donors (Lipinski definition) is 1. The lowest BCUT2D eigenvalue weighted by atomic mass is 10.1. The molecule has 4 nitrogen and oxygen atoms in total. The monoisotopic (exact) mass is 273 g/mol. The third kappa shape index (κ3) is 4.64. The van der Waals surface area contributed by atoms with Gasteiger partial charge >= 0.3 is 5.97 Å². The SMILES string of the molecule is Cl.O.O=C(O)c1cccc(CN2CCCCC2)c1. The van der Waals surface area contributed by atoms with Gasteiger partial charge in [-0.15, -0.1) is 12.4 Å². The first-order valence-electron chi connectivity index (χ1n) is 5.80. The first kappa shape index (κ1) is 16.9. The van der Waals surface area contributed by atoms with Crippen LogP contribution in [-0.2, 0) is 6.54 Å². The first-order valence-corrected chi connectivity index (χ1v) is 5.80. The van der Waals surface area contributed by atoms with Crippen molar-refractivity contribution in [3.8, 4) is 0 Å². The molecule has 5 heteroatoms. The van der Waals surface area contributed by atoms with Gasteiger partial charge in [-0.1, -0.05) is 18.6 Å². The van der Waals surface area contributed by atoms with Gasteiger partial charge in [0.2, 0.25) is 0 Å². The Kier molecular flexibility index (Phi) is 7.59. The predicted octanol–water partition coefficient (Wildman–Crippen LogP) is 1.97.